The normalized spacial score (nSPS) is 12.3. The van der Waals surface area contributed by atoms with Crippen molar-refractivity contribution in [3.8, 4) is 11.5 Å². The van der Waals surface area contributed by atoms with E-state index < -0.39 is 0 Å². The molecule has 0 bridgehead atoms. The minimum atomic E-state index is 0.193. The maximum Gasteiger partial charge on any atom is 0.119 e. The van der Waals surface area contributed by atoms with Gasteiger partial charge >= 0.3 is 0 Å². The summed E-state index contributed by atoms with van der Waals surface area (Å²) in [7, 11) is 0. The Labute approximate surface area is 101 Å². The standard InChI is InChI=1S/C15H16O2/c1-11(12-5-3-2-4-6-12)9-13-10-14(16)7-8-15(13)17/h2-8,10-11,16-17H,9H2,1H3. The Morgan fingerprint density at radius 3 is 2.41 bits per heavy atom. The van der Waals surface area contributed by atoms with Gasteiger partial charge in [-0.25, -0.2) is 0 Å². The Hall–Kier alpha value is -1.96. The van der Waals surface area contributed by atoms with Crippen LogP contribution in [-0.2, 0) is 6.42 Å². The molecule has 0 saturated heterocycles. The van der Waals surface area contributed by atoms with Crippen LogP contribution in [0.3, 0.4) is 0 Å². The highest BCUT2D eigenvalue weighted by Crippen LogP contribution is 2.28. The van der Waals surface area contributed by atoms with Gasteiger partial charge in [-0.3, -0.25) is 0 Å². The van der Waals surface area contributed by atoms with Gasteiger partial charge in [0.15, 0.2) is 0 Å². The van der Waals surface area contributed by atoms with Gasteiger partial charge in [-0.2, -0.15) is 0 Å². The number of phenolic OH excluding ortho intramolecular Hbond substituents is 2. The summed E-state index contributed by atoms with van der Waals surface area (Å²) in [5.41, 5.74) is 2.01. The third-order valence-electron chi connectivity index (χ3n) is 2.96. The first-order chi connectivity index (χ1) is 8.16. The molecule has 2 aromatic carbocycles. The smallest absolute Gasteiger partial charge is 0.119 e. The highest BCUT2D eigenvalue weighted by molar-refractivity contribution is 5.39. The van der Waals surface area contributed by atoms with Crippen molar-refractivity contribution >= 4 is 0 Å². The Kier molecular flexibility index (Phi) is 3.33. The van der Waals surface area contributed by atoms with Crippen molar-refractivity contribution in [2.24, 2.45) is 0 Å². The fraction of sp³-hybridized carbons (Fsp3) is 0.200. The van der Waals surface area contributed by atoms with E-state index in [9.17, 15) is 10.2 Å². The van der Waals surface area contributed by atoms with Crippen LogP contribution in [0.1, 0.15) is 24.0 Å². The molecular formula is C15H16O2. The fourth-order valence-corrected chi connectivity index (χ4v) is 1.96. The number of hydrogen-bond donors (Lipinski definition) is 2. The topological polar surface area (TPSA) is 40.5 Å². The minimum Gasteiger partial charge on any atom is -0.508 e. The summed E-state index contributed by atoms with van der Waals surface area (Å²) in [6, 6.07) is 14.8. The van der Waals surface area contributed by atoms with Crippen LogP contribution < -0.4 is 0 Å². The van der Waals surface area contributed by atoms with E-state index >= 15 is 0 Å². The van der Waals surface area contributed by atoms with Crippen LogP contribution >= 0.6 is 0 Å². The van der Waals surface area contributed by atoms with Crippen molar-refractivity contribution in [2.75, 3.05) is 0 Å². The molecule has 0 saturated carbocycles. The maximum absolute atomic E-state index is 9.72. The predicted molar refractivity (Wildman–Crippen MR) is 68.3 cm³/mol. The molecule has 0 radical (unpaired) electrons. The third kappa shape index (κ3) is 2.78. The quantitative estimate of drug-likeness (QED) is 0.790. The van der Waals surface area contributed by atoms with Gasteiger partial charge < -0.3 is 10.2 Å². The van der Waals surface area contributed by atoms with Crippen molar-refractivity contribution in [1.29, 1.82) is 0 Å². The van der Waals surface area contributed by atoms with Crippen molar-refractivity contribution in [1.82, 2.24) is 0 Å². The summed E-state index contributed by atoms with van der Waals surface area (Å²) in [6.45, 7) is 2.11. The van der Waals surface area contributed by atoms with Gasteiger partial charge in [0.2, 0.25) is 0 Å². The number of phenols is 2. The number of aromatic hydroxyl groups is 2. The molecule has 2 aromatic rings. The first kappa shape index (κ1) is 11.5. The Bertz CT molecular complexity index is 492. The number of rotatable bonds is 3. The molecule has 2 rings (SSSR count). The second kappa shape index (κ2) is 4.91. The van der Waals surface area contributed by atoms with E-state index in [1.54, 1.807) is 6.07 Å². The average molecular weight is 228 g/mol. The van der Waals surface area contributed by atoms with Gasteiger partial charge in [0.25, 0.3) is 0 Å². The molecule has 0 fully saturated rings. The lowest BCUT2D eigenvalue weighted by atomic mass is 9.93. The van der Waals surface area contributed by atoms with E-state index in [-0.39, 0.29) is 11.5 Å². The minimum absolute atomic E-state index is 0.193. The van der Waals surface area contributed by atoms with Gasteiger partial charge in [-0.15, -0.1) is 0 Å². The second-order valence-corrected chi connectivity index (χ2v) is 4.33. The van der Waals surface area contributed by atoms with Crippen molar-refractivity contribution in [3.63, 3.8) is 0 Å². The van der Waals surface area contributed by atoms with Gasteiger partial charge in [0, 0.05) is 0 Å². The van der Waals surface area contributed by atoms with Crippen LogP contribution in [0.15, 0.2) is 48.5 Å². The summed E-state index contributed by atoms with van der Waals surface area (Å²) < 4.78 is 0. The largest absolute Gasteiger partial charge is 0.508 e. The summed E-state index contributed by atoms with van der Waals surface area (Å²) in [5.74, 6) is 0.743. The predicted octanol–water partition coefficient (Wildman–Crippen LogP) is 3.44. The molecule has 2 N–H and O–H groups in total. The molecule has 88 valence electrons. The van der Waals surface area contributed by atoms with Crippen LogP contribution in [0.25, 0.3) is 0 Å². The molecular weight excluding hydrogens is 212 g/mol. The Morgan fingerprint density at radius 2 is 1.71 bits per heavy atom. The van der Waals surface area contributed by atoms with Gasteiger partial charge in [-0.05, 0) is 41.7 Å². The van der Waals surface area contributed by atoms with Crippen molar-refractivity contribution in [2.45, 2.75) is 19.3 Å². The van der Waals surface area contributed by atoms with Crippen molar-refractivity contribution in [3.05, 3.63) is 59.7 Å². The molecule has 1 atom stereocenters. The van der Waals surface area contributed by atoms with Crippen LogP contribution in [0.2, 0.25) is 0 Å². The van der Waals surface area contributed by atoms with Crippen molar-refractivity contribution < 1.29 is 10.2 Å². The maximum atomic E-state index is 9.72. The zero-order chi connectivity index (χ0) is 12.3. The zero-order valence-corrected chi connectivity index (χ0v) is 9.80. The number of hydrogen-bond acceptors (Lipinski definition) is 2. The van der Waals surface area contributed by atoms with Crippen LogP contribution in [0.4, 0.5) is 0 Å². The van der Waals surface area contributed by atoms with E-state index in [4.69, 9.17) is 0 Å². The fourth-order valence-electron chi connectivity index (χ4n) is 1.96. The summed E-state index contributed by atoms with van der Waals surface area (Å²) in [4.78, 5) is 0. The highest BCUT2D eigenvalue weighted by atomic mass is 16.3. The zero-order valence-electron chi connectivity index (χ0n) is 9.80. The molecule has 1 unspecified atom stereocenters. The SMILES string of the molecule is CC(Cc1cc(O)ccc1O)c1ccccc1. The van der Waals surface area contributed by atoms with E-state index in [1.807, 2.05) is 18.2 Å². The van der Waals surface area contributed by atoms with E-state index in [0.717, 1.165) is 5.56 Å². The molecule has 0 aliphatic rings. The van der Waals surface area contributed by atoms with Crippen LogP contribution in [0, 0.1) is 0 Å². The van der Waals surface area contributed by atoms with Crippen LogP contribution in [0.5, 0.6) is 11.5 Å². The lowest BCUT2D eigenvalue weighted by Crippen LogP contribution is -1.98. The average Bonchev–Trinajstić information content (AvgIpc) is 2.35. The lowest BCUT2D eigenvalue weighted by molar-refractivity contribution is 0.452. The molecule has 2 nitrogen and oxygen atoms in total. The van der Waals surface area contributed by atoms with Gasteiger partial charge in [0.05, 0.1) is 0 Å². The van der Waals surface area contributed by atoms with Gasteiger partial charge in [-0.1, -0.05) is 37.3 Å². The first-order valence-electron chi connectivity index (χ1n) is 5.72. The molecule has 0 heterocycles. The summed E-state index contributed by atoms with van der Waals surface area (Å²) in [6.07, 6.45) is 0.713. The second-order valence-electron chi connectivity index (χ2n) is 4.33. The first-order valence-corrected chi connectivity index (χ1v) is 5.72. The summed E-state index contributed by atoms with van der Waals surface area (Å²) >= 11 is 0. The van der Waals surface area contributed by atoms with Crippen LogP contribution in [-0.4, -0.2) is 10.2 Å². The number of benzene rings is 2. The molecule has 0 aromatic heterocycles. The van der Waals surface area contributed by atoms with Gasteiger partial charge in [0.1, 0.15) is 11.5 Å². The lowest BCUT2D eigenvalue weighted by Gasteiger charge is -2.13. The van der Waals surface area contributed by atoms with E-state index in [0.29, 0.717) is 12.3 Å². The highest BCUT2D eigenvalue weighted by Gasteiger charge is 2.09. The molecule has 0 amide bonds. The van der Waals surface area contributed by atoms with E-state index in [1.165, 1.54) is 17.7 Å². The monoisotopic (exact) mass is 228 g/mol. The third-order valence-corrected chi connectivity index (χ3v) is 2.96. The molecule has 0 aliphatic heterocycles. The Balaban J connectivity index is 2.18. The van der Waals surface area contributed by atoms with E-state index in [2.05, 4.69) is 19.1 Å². The molecule has 17 heavy (non-hydrogen) atoms. The Morgan fingerprint density at radius 1 is 1.00 bits per heavy atom. The summed E-state index contributed by atoms with van der Waals surface area (Å²) in [5, 5.41) is 19.1. The molecule has 2 heteroatoms. The molecule has 0 aliphatic carbocycles. The molecule has 0 spiro atoms.